The molecular weight excluding hydrogens is 348 g/mol. The summed E-state index contributed by atoms with van der Waals surface area (Å²) in [6.45, 7) is 1.82. The fraction of sp³-hybridized carbons (Fsp3) is 0.200. The maximum Gasteiger partial charge on any atom is 0.104 e. The van der Waals surface area contributed by atoms with Gasteiger partial charge in [-0.25, -0.2) is 4.68 Å². The van der Waals surface area contributed by atoms with Crippen LogP contribution >= 0.6 is 50.7 Å². The van der Waals surface area contributed by atoms with Gasteiger partial charge in [-0.1, -0.05) is 44.3 Å². The van der Waals surface area contributed by atoms with E-state index in [1.54, 1.807) is 18.3 Å². The van der Waals surface area contributed by atoms with Crippen molar-refractivity contribution in [2.24, 2.45) is 0 Å². The van der Waals surface area contributed by atoms with Crippen molar-refractivity contribution in [1.29, 1.82) is 0 Å². The predicted molar refractivity (Wildman–Crippen MR) is 73.3 cm³/mol. The molecule has 0 amide bonds. The van der Waals surface area contributed by atoms with Gasteiger partial charge in [-0.15, -0.1) is 16.7 Å². The summed E-state index contributed by atoms with van der Waals surface area (Å²) in [5.74, 6) is 0. The van der Waals surface area contributed by atoms with E-state index in [0.29, 0.717) is 21.4 Å². The fourth-order valence-electron chi connectivity index (χ4n) is 1.32. The zero-order valence-corrected chi connectivity index (χ0v) is 12.5. The van der Waals surface area contributed by atoms with E-state index in [4.69, 9.17) is 34.8 Å². The Bertz CT molecular complexity index is 530. The van der Waals surface area contributed by atoms with Crippen molar-refractivity contribution >= 4 is 50.7 Å². The molecule has 0 aliphatic rings. The molecule has 1 unspecified atom stereocenters. The zero-order chi connectivity index (χ0) is 12.6. The van der Waals surface area contributed by atoms with Crippen molar-refractivity contribution in [3.8, 4) is 5.69 Å². The molecule has 0 fully saturated rings. The van der Waals surface area contributed by atoms with Gasteiger partial charge in [0, 0.05) is 4.47 Å². The molecule has 0 radical (unpaired) electrons. The molecule has 1 aromatic carbocycles. The van der Waals surface area contributed by atoms with Crippen LogP contribution in [0.3, 0.4) is 0 Å². The van der Waals surface area contributed by atoms with Gasteiger partial charge in [-0.05, 0) is 19.1 Å². The highest BCUT2D eigenvalue weighted by molar-refractivity contribution is 9.10. The molecule has 3 nitrogen and oxygen atoms in total. The van der Waals surface area contributed by atoms with Crippen molar-refractivity contribution < 1.29 is 0 Å². The van der Waals surface area contributed by atoms with Crippen LogP contribution in [0.25, 0.3) is 5.69 Å². The summed E-state index contributed by atoms with van der Waals surface area (Å²) in [6.07, 6.45) is 1.71. The first-order valence-corrected chi connectivity index (χ1v) is 6.69. The molecule has 1 atom stereocenters. The monoisotopic (exact) mass is 353 g/mol. The normalized spacial score (nSPS) is 12.8. The number of benzene rings is 1. The van der Waals surface area contributed by atoms with Crippen LogP contribution in [0.2, 0.25) is 10.0 Å². The molecule has 0 aliphatic carbocycles. The summed E-state index contributed by atoms with van der Waals surface area (Å²) >= 11 is 21.5. The molecule has 0 saturated carbocycles. The van der Waals surface area contributed by atoms with E-state index in [1.807, 2.05) is 6.92 Å². The number of nitrogens with zero attached hydrogens (tertiary/aromatic N) is 3. The maximum atomic E-state index is 6.12. The average Bonchev–Trinajstić information content (AvgIpc) is 2.65. The first-order valence-electron chi connectivity index (χ1n) is 4.70. The van der Waals surface area contributed by atoms with Crippen LogP contribution < -0.4 is 0 Å². The highest BCUT2D eigenvalue weighted by atomic mass is 79.9. The highest BCUT2D eigenvalue weighted by Gasteiger charge is 2.13. The van der Waals surface area contributed by atoms with Crippen molar-refractivity contribution in [2.75, 3.05) is 0 Å². The van der Waals surface area contributed by atoms with Gasteiger partial charge in [0.1, 0.15) is 11.4 Å². The van der Waals surface area contributed by atoms with Gasteiger partial charge < -0.3 is 0 Å². The summed E-state index contributed by atoms with van der Waals surface area (Å²) in [5.41, 5.74) is 1.26. The third-order valence-electron chi connectivity index (χ3n) is 2.13. The summed E-state index contributed by atoms with van der Waals surface area (Å²) in [7, 11) is 0. The highest BCUT2D eigenvalue weighted by Crippen LogP contribution is 2.32. The minimum atomic E-state index is -0.211. The molecule has 1 heterocycles. The van der Waals surface area contributed by atoms with Crippen LogP contribution in [0.1, 0.15) is 18.0 Å². The predicted octanol–water partition coefficient (Wildman–Crippen LogP) is 4.64. The molecule has 2 aromatic rings. The molecular formula is C10H7BrCl3N3. The van der Waals surface area contributed by atoms with Gasteiger partial charge in [-0.2, -0.15) is 0 Å². The van der Waals surface area contributed by atoms with Gasteiger partial charge in [0.15, 0.2) is 0 Å². The maximum absolute atomic E-state index is 6.12. The van der Waals surface area contributed by atoms with E-state index >= 15 is 0 Å². The third kappa shape index (κ3) is 2.76. The van der Waals surface area contributed by atoms with Gasteiger partial charge in [0.25, 0.3) is 0 Å². The summed E-state index contributed by atoms with van der Waals surface area (Å²) in [6, 6.07) is 3.49. The summed E-state index contributed by atoms with van der Waals surface area (Å²) < 4.78 is 2.33. The Morgan fingerprint density at radius 3 is 2.35 bits per heavy atom. The molecule has 90 valence electrons. The Labute approximate surface area is 122 Å². The van der Waals surface area contributed by atoms with E-state index in [9.17, 15) is 0 Å². The molecule has 17 heavy (non-hydrogen) atoms. The molecule has 0 saturated heterocycles. The molecule has 0 aliphatic heterocycles. The Hall–Kier alpha value is -0.290. The van der Waals surface area contributed by atoms with Crippen LogP contribution in [-0.4, -0.2) is 15.0 Å². The summed E-state index contributed by atoms with van der Waals surface area (Å²) in [5, 5.41) is 8.67. The van der Waals surface area contributed by atoms with E-state index in [2.05, 4.69) is 26.2 Å². The average molecular weight is 355 g/mol. The molecule has 0 spiro atoms. The van der Waals surface area contributed by atoms with E-state index < -0.39 is 0 Å². The van der Waals surface area contributed by atoms with Crippen LogP contribution in [0.4, 0.5) is 0 Å². The number of aromatic nitrogens is 3. The Morgan fingerprint density at radius 2 is 1.88 bits per heavy atom. The minimum Gasteiger partial charge on any atom is -0.217 e. The number of alkyl halides is 1. The molecule has 1 aromatic heterocycles. The Balaban J connectivity index is 2.52. The van der Waals surface area contributed by atoms with Gasteiger partial charge in [0.05, 0.1) is 21.6 Å². The quantitative estimate of drug-likeness (QED) is 0.735. The molecule has 0 bridgehead atoms. The van der Waals surface area contributed by atoms with Gasteiger partial charge in [-0.3, -0.25) is 0 Å². The van der Waals surface area contributed by atoms with E-state index in [1.165, 1.54) is 4.68 Å². The second-order valence-corrected chi connectivity index (χ2v) is 5.81. The topological polar surface area (TPSA) is 30.7 Å². The standard InChI is InChI=1S/C10H7BrCl3N3/c1-5(12)9-4-17(16-15-9)10-7(13)2-6(11)3-8(10)14/h2-5H,1H3. The van der Waals surface area contributed by atoms with Crippen molar-refractivity contribution in [1.82, 2.24) is 15.0 Å². The lowest BCUT2D eigenvalue weighted by Gasteiger charge is -2.06. The van der Waals surface area contributed by atoms with Crippen molar-refractivity contribution in [2.45, 2.75) is 12.3 Å². The summed E-state index contributed by atoms with van der Waals surface area (Å²) in [4.78, 5) is 0. The van der Waals surface area contributed by atoms with Gasteiger partial charge in [0.2, 0.25) is 0 Å². The smallest absolute Gasteiger partial charge is 0.104 e. The Kier molecular flexibility index (Phi) is 3.98. The lowest BCUT2D eigenvalue weighted by Crippen LogP contribution is -1.97. The number of hydrogen-bond donors (Lipinski definition) is 0. The SMILES string of the molecule is CC(Cl)c1cn(-c2c(Cl)cc(Br)cc2Cl)nn1. The van der Waals surface area contributed by atoms with Gasteiger partial charge >= 0.3 is 0 Å². The largest absolute Gasteiger partial charge is 0.217 e. The second kappa shape index (κ2) is 5.14. The van der Waals surface area contributed by atoms with Crippen LogP contribution in [0, 0.1) is 0 Å². The number of rotatable bonds is 2. The Morgan fingerprint density at radius 1 is 1.29 bits per heavy atom. The minimum absolute atomic E-state index is 0.211. The van der Waals surface area contributed by atoms with Crippen LogP contribution in [-0.2, 0) is 0 Å². The van der Waals surface area contributed by atoms with Crippen LogP contribution in [0.15, 0.2) is 22.8 Å². The molecule has 2 rings (SSSR count). The van der Waals surface area contributed by atoms with Crippen molar-refractivity contribution in [3.05, 3.63) is 38.5 Å². The number of hydrogen-bond acceptors (Lipinski definition) is 2. The van der Waals surface area contributed by atoms with E-state index in [-0.39, 0.29) is 5.38 Å². The number of halogens is 4. The van der Waals surface area contributed by atoms with Crippen LogP contribution in [0.5, 0.6) is 0 Å². The lowest BCUT2D eigenvalue weighted by molar-refractivity contribution is 0.796. The molecule has 0 N–H and O–H groups in total. The third-order valence-corrected chi connectivity index (χ3v) is 3.39. The zero-order valence-electron chi connectivity index (χ0n) is 8.66. The lowest BCUT2D eigenvalue weighted by atomic mass is 10.3. The second-order valence-electron chi connectivity index (χ2n) is 3.42. The van der Waals surface area contributed by atoms with Crippen molar-refractivity contribution in [3.63, 3.8) is 0 Å². The fourth-order valence-corrected chi connectivity index (χ4v) is 2.80. The van der Waals surface area contributed by atoms with E-state index in [0.717, 1.165) is 4.47 Å². The first-order chi connectivity index (χ1) is 7.99. The first kappa shape index (κ1) is 13.1. The molecule has 7 heteroatoms.